The Kier molecular flexibility index (Phi) is 6.48. The minimum atomic E-state index is -0.862. The summed E-state index contributed by atoms with van der Waals surface area (Å²) in [4.78, 5) is 24.5. The molecule has 0 atom stereocenters. The molecule has 25 heavy (non-hydrogen) atoms. The van der Waals surface area contributed by atoms with Crippen LogP contribution in [0.4, 0.5) is 0 Å². The lowest BCUT2D eigenvalue weighted by Gasteiger charge is -2.23. The third kappa shape index (κ3) is 5.26. The van der Waals surface area contributed by atoms with Gasteiger partial charge in [-0.2, -0.15) is 0 Å². The smallest absolute Gasteiger partial charge is 0.201 e. The third-order valence-corrected chi connectivity index (χ3v) is 3.86. The Morgan fingerprint density at radius 1 is 0.920 bits per heavy atom. The summed E-state index contributed by atoms with van der Waals surface area (Å²) in [5.41, 5.74) is 0.358. The largest absolute Gasteiger partial charge is 0.486 e. The monoisotopic (exact) mass is 340 g/mol. The number of benzene rings is 2. The van der Waals surface area contributed by atoms with Crippen LogP contribution in [0.25, 0.3) is 0 Å². The van der Waals surface area contributed by atoms with Crippen molar-refractivity contribution in [2.75, 3.05) is 13.2 Å². The fourth-order valence-corrected chi connectivity index (χ4v) is 2.22. The maximum atomic E-state index is 12.3. The predicted molar refractivity (Wildman–Crippen MR) is 97.1 cm³/mol. The second-order valence-electron chi connectivity index (χ2n) is 6.29. The quantitative estimate of drug-likeness (QED) is 0.646. The van der Waals surface area contributed by atoms with Crippen molar-refractivity contribution in [1.82, 2.24) is 0 Å². The molecule has 0 amide bonds. The molecule has 0 aromatic heterocycles. The first kappa shape index (κ1) is 18.9. The Morgan fingerprint density at radius 3 is 2.12 bits per heavy atom. The molecule has 4 nitrogen and oxygen atoms in total. The summed E-state index contributed by atoms with van der Waals surface area (Å²) in [6.07, 6.45) is 0.856. The zero-order valence-corrected chi connectivity index (χ0v) is 15.0. The summed E-state index contributed by atoms with van der Waals surface area (Å²) < 4.78 is 11.1. The maximum Gasteiger partial charge on any atom is 0.201 e. The first-order valence-electron chi connectivity index (χ1n) is 8.44. The van der Waals surface area contributed by atoms with Gasteiger partial charge in [0.25, 0.3) is 0 Å². The number of hydrogen-bond acceptors (Lipinski definition) is 4. The molecule has 0 N–H and O–H groups in total. The molecule has 132 valence electrons. The van der Waals surface area contributed by atoms with Gasteiger partial charge < -0.3 is 9.47 Å². The van der Waals surface area contributed by atoms with Crippen molar-refractivity contribution in [3.05, 3.63) is 65.7 Å². The van der Waals surface area contributed by atoms with E-state index >= 15 is 0 Å². The zero-order chi connectivity index (χ0) is 18.3. The highest BCUT2D eigenvalue weighted by Gasteiger charge is 2.28. The Labute approximate surface area is 148 Å². The minimum Gasteiger partial charge on any atom is -0.486 e. The van der Waals surface area contributed by atoms with Gasteiger partial charge in [-0.05, 0) is 44.5 Å². The molecule has 2 rings (SSSR count). The molecular weight excluding hydrogens is 316 g/mol. The van der Waals surface area contributed by atoms with Crippen LogP contribution in [0.1, 0.15) is 43.1 Å². The Balaban J connectivity index is 1.94. The van der Waals surface area contributed by atoms with E-state index in [4.69, 9.17) is 9.47 Å². The molecule has 0 unspecified atom stereocenters. The maximum absolute atomic E-state index is 12.3. The zero-order valence-electron chi connectivity index (χ0n) is 15.0. The van der Waals surface area contributed by atoms with Gasteiger partial charge in [0, 0.05) is 17.7 Å². The van der Waals surface area contributed by atoms with Crippen molar-refractivity contribution >= 4 is 11.6 Å². The van der Waals surface area contributed by atoms with Crippen LogP contribution in [0.15, 0.2) is 54.6 Å². The van der Waals surface area contributed by atoms with Crippen LogP contribution >= 0.6 is 0 Å². The molecule has 0 saturated carbocycles. The number of ether oxygens (including phenoxy) is 2. The van der Waals surface area contributed by atoms with Crippen molar-refractivity contribution in [2.24, 2.45) is 0 Å². The fraction of sp³-hybridized carbons (Fsp3) is 0.333. The molecule has 0 saturated heterocycles. The second-order valence-corrected chi connectivity index (χ2v) is 6.29. The topological polar surface area (TPSA) is 52.6 Å². The molecule has 0 radical (unpaired) electrons. The van der Waals surface area contributed by atoms with Crippen molar-refractivity contribution in [2.45, 2.75) is 32.8 Å². The lowest BCUT2D eigenvalue weighted by atomic mass is 10.0. The first-order valence-corrected chi connectivity index (χ1v) is 8.44. The Hall–Kier alpha value is -2.46. The second kappa shape index (κ2) is 8.58. The number of hydrogen-bond donors (Lipinski definition) is 0. The number of ketones is 2. The van der Waals surface area contributed by atoms with Gasteiger partial charge in [-0.15, -0.1) is 0 Å². The lowest BCUT2D eigenvalue weighted by molar-refractivity contribution is -0.142. The molecule has 2 aromatic carbocycles. The molecule has 0 aliphatic heterocycles. The normalized spacial score (nSPS) is 11.2. The van der Waals surface area contributed by atoms with E-state index < -0.39 is 5.60 Å². The van der Waals surface area contributed by atoms with Gasteiger partial charge in [-0.25, -0.2) is 0 Å². The van der Waals surface area contributed by atoms with Crippen molar-refractivity contribution in [1.29, 1.82) is 0 Å². The summed E-state index contributed by atoms with van der Waals surface area (Å²) in [5, 5.41) is 0. The Bertz CT molecular complexity index is 702. The number of rotatable bonds is 9. The van der Waals surface area contributed by atoms with Crippen LogP contribution in [0, 0.1) is 0 Å². The molecule has 0 heterocycles. The number of carbonyl (C=O) groups excluding carboxylic acids is 2. The van der Waals surface area contributed by atoms with Crippen LogP contribution < -0.4 is 4.74 Å². The van der Waals surface area contributed by atoms with Crippen LogP contribution in [0.2, 0.25) is 0 Å². The summed E-state index contributed by atoms with van der Waals surface area (Å²) in [6.45, 7) is 5.96. The van der Waals surface area contributed by atoms with Crippen molar-refractivity contribution < 1.29 is 19.1 Å². The molecular formula is C21H24O4. The molecule has 0 bridgehead atoms. The van der Waals surface area contributed by atoms with E-state index in [1.165, 1.54) is 0 Å². The molecule has 0 aliphatic rings. The van der Waals surface area contributed by atoms with Gasteiger partial charge >= 0.3 is 0 Å². The van der Waals surface area contributed by atoms with Crippen LogP contribution in [0.3, 0.4) is 0 Å². The van der Waals surface area contributed by atoms with Gasteiger partial charge in [-0.3, -0.25) is 9.59 Å². The summed E-state index contributed by atoms with van der Waals surface area (Å²) >= 11 is 0. The van der Waals surface area contributed by atoms with E-state index in [1.807, 2.05) is 25.1 Å². The van der Waals surface area contributed by atoms with Crippen LogP contribution in [-0.2, 0) is 9.53 Å². The highest BCUT2D eigenvalue weighted by Crippen LogP contribution is 2.17. The van der Waals surface area contributed by atoms with Crippen LogP contribution in [0.5, 0.6) is 5.75 Å². The van der Waals surface area contributed by atoms with E-state index in [-0.39, 0.29) is 18.2 Å². The highest BCUT2D eigenvalue weighted by atomic mass is 16.5. The SMILES string of the molecule is CCCOC(C)(C)C(=O)COc1ccc(C(=O)c2ccccc2)cc1. The van der Waals surface area contributed by atoms with E-state index in [1.54, 1.807) is 50.2 Å². The van der Waals surface area contributed by atoms with Gasteiger partial charge in [0.1, 0.15) is 18.0 Å². The molecule has 0 spiro atoms. The van der Waals surface area contributed by atoms with E-state index in [0.29, 0.717) is 23.5 Å². The van der Waals surface area contributed by atoms with Gasteiger partial charge in [0.2, 0.25) is 5.78 Å². The third-order valence-electron chi connectivity index (χ3n) is 3.86. The average molecular weight is 340 g/mol. The number of Topliss-reactive ketones (excluding diaryl/α,β-unsaturated/α-hetero) is 1. The van der Waals surface area contributed by atoms with Gasteiger partial charge in [-0.1, -0.05) is 37.3 Å². The summed E-state index contributed by atoms with van der Waals surface area (Å²) in [5.74, 6) is 0.381. The van der Waals surface area contributed by atoms with E-state index in [2.05, 4.69) is 0 Å². The fourth-order valence-electron chi connectivity index (χ4n) is 2.22. The lowest BCUT2D eigenvalue weighted by Crippen LogP contribution is -2.38. The molecule has 4 heteroatoms. The summed E-state index contributed by atoms with van der Waals surface area (Å²) in [7, 11) is 0. The standard InChI is InChI=1S/C21H24O4/c1-4-14-25-21(2,3)19(22)15-24-18-12-10-17(11-13-18)20(23)16-8-6-5-7-9-16/h5-13H,4,14-15H2,1-3H3. The highest BCUT2D eigenvalue weighted by molar-refractivity contribution is 6.08. The molecule has 0 fully saturated rings. The number of carbonyl (C=O) groups is 2. The van der Waals surface area contributed by atoms with E-state index in [0.717, 1.165) is 6.42 Å². The van der Waals surface area contributed by atoms with Crippen LogP contribution in [-0.4, -0.2) is 30.4 Å². The molecule has 2 aromatic rings. The molecule has 0 aliphatic carbocycles. The van der Waals surface area contributed by atoms with Crippen molar-refractivity contribution in [3.63, 3.8) is 0 Å². The predicted octanol–water partition coefficient (Wildman–Crippen LogP) is 4.07. The Morgan fingerprint density at radius 2 is 1.52 bits per heavy atom. The van der Waals surface area contributed by atoms with Gasteiger partial charge in [0.15, 0.2) is 5.78 Å². The van der Waals surface area contributed by atoms with E-state index in [9.17, 15) is 9.59 Å². The van der Waals surface area contributed by atoms with Crippen molar-refractivity contribution in [3.8, 4) is 5.75 Å². The first-order chi connectivity index (χ1) is 11.9. The minimum absolute atomic E-state index is 0.0441. The average Bonchev–Trinajstić information content (AvgIpc) is 2.65. The van der Waals surface area contributed by atoms with Gasteiger partial charge in [0.05, 0.1) is 0 Å². The summed E-state index contributed by atoms with van der Waals surface area (Å²) in [6, 6.07) is 15.9.